The van der Waals surface area contributed by atoms with Crippen LogP contribution >= 0.6 is 35.8 Å². The van der Waals surface area contributed by atoms with Crippen LogP contribution in [0.2, 0.25) is 5.02 Å². The molecule has 1 aliphatic rings. The molecule has 1 aliphatic heterocycles. The Morgan fingerprint density at radius 2 is 2.35 bits per heavy atom. The van der Waals surface area contributed by atoms with Crippen molar-refractivity contribution in [3.05, 3.63) is 28.8 Å². The molecule has 0 aromatic heterocycles. The second-order valence-corrected chi connectivity index (χ2v) is 5.19. The van der Waals surface area contributed by atoms with Gasteiger partial charge in [0.25, 0.3) is 0 Å². The van der Waals surface area contributed by atoms with Crippen LogP contribution in [0.25, 0.3) is 0 Å². The first-order valence-electron chi connectivity index (χ1n) is 5.05. The van der Waals surface area contributed by atoms with E-state index in [-0.39, 0.29) is 24.4 Å². The Labute approximate surface area is 116 Å². The summed E-state index contributed by atoms with van der Waals surface area (Å²) >= 11 is 7.59. The van der Waals surface area contributed by atoms with Gasteiger partial charge in [0.05, 0.1) is 6.04 Å². The molecule has 0 saturated carbocycles. The van der Waals surface area contributed by atoms with Crippen LogP contribution in [0.4, 0.5) is 5.69 Å². The van der Waals surface area contributed by atoms with Gasteiger partial charge < -0.3 is 5.32 Å². The van der Waals surface area contributed by atoms with E-state index >= 15 is 0 Å². The number of rotatable bonds is 2. The normalized spacial score (nSPS) is 18.6. The van der Waals surface area contributed by atoms with Gasteiger partial charge >= 0.3 is 0 Å². The number of benzene rings is 1. The Bertz CT molecular complexity index is 408. The van der Waals surface area contributed by atoms with E-state index in [9.17, 15) is 4.79 Å². The van der Waals surface area contributed by atoms with Crippen LogP contribution in [0.5, 0.6) is 0 Å². The molecule has 0 spiro atoms. The Balaban J connectivity index is 0.00000144. The molecule has 1 atom stereocenters. The lowest BCUT2D eigenvalue weighted by molar-refractivity contribution is -0.117. The molecule has 2 rings (SSSR count). The smallest absolute Gasteiger partial charge is 0.242 e. The van der Waals surface area contributed by atoms with E-state index in [1.807, 2.05) is 19.1 Å². The van der Waals surface area contributed by atoms with E-state index in [2.05, 4.69) is 10.6 Å². The summed E-state index contributed by atoms with van der Waals surface area (Å²) in [4.78, 5) is 11.8. The van der Waals surface area contributed by atoms with E-state index in [1.165, 1.54) is 0 Å². The minimum Gasteiger partial charge on any atom is -0.324 e. The van der Waals surface area contributed by atoms with Gasteiger partial charge in [-0.2, -0.15) is 0 Å². The number of hydrogen-bond acceptors (Lipinski definition) is 3. The monoisotopic (exact) mass is 292 g/mol. The molecule has 17 heavy (non-hydrogen) atoms. The zero-order chi connectivity index (χ0) is 11.5. The van der Waals surface area contributed by atoms with Gasteiger partial charge in [0.15, 0.2) is 0 Å². The topological polar surface area (TPSA) is 41.1 Å². The van der Waals surface area contributed by atoms with Crippen LogP contribution in [0.15, 0.2) is 18.2 Å². The number of nitrogens with one attached hydrogen (secondary N) is 2. The summed E-state index contributed by atoms with van der Waals surface area (Å²) < 4.78 is 0. The molecular weight excluding hydrogens is 279 g/mol. The molecule has 1 saturated heterocycles. The highest BCUT2D eigenvalue weighted by atomic mass is 35.5. The van der Waals surface area contributed by atoms with Crippen LogP contribution in [0.1, 0.15) is 5.56 Å². The predicted octanol–water partition coefficient (Wildman–Crippen LogP) is 2.67. The predicted molar refractivity (Wildman–Crippen MR) is 76.3 cm³/mol. The molecule has 94 valence electrons. The summed E-state index contributed by atoms with van der Waals surface area (Å²) in [6.07, 6.45) is 0. The molecule has 6 heteroatoms. The molecule has 1 fully saturated rings. The Kier molecular flexibility index (Phi) is 5.59. The van der Waals surface area contributed by atoms with Gasteiger partial charge in [0.1, 0.15) is 0 Å². The first kappa shape index (κ1) is 14.6. The Morgan fingerprint density at radius 1 is 1.59 bits per heavy atom. The van der Waals surface area contributed by atoms with Crippen molar-refractivity contribution in [2.75, 3.05) is 16.9 Å². The van der Waals surface area contributed by atoms with Crippen LogP contribution in [-0.4, -0.2) is 23.6 Å². The van der Waals surface area contributed by atoms with Crippen molar-refractivity contribution < 1.29 is 4.79 Å². The zero-order valence-corrected chi connectivity index (χ0v) is 11.7. The van der Waals surface area contributed by atoms with Crippen molar-refractivity contribution in [3.8, 4) is 0 Å². The molecule has 0 aliphatic carbocycles. The fourth-order valence-corrected chi connectivity index (χ4v) is 2.72. The highest BCUT2D eigenvalue weighted by Gasteiger charge is 2.22. The molecule has 1 unspecified atom stereocenters. The molecule has 1 aromatic carbocycles. The van der Waals surface area contributed by atoms with Crippen LogP contribution in [0.3, 0.4) is 0 Å². The Morgan fingerprint density at radius 3 is 2.94 bits per heavy atom. The summed E-state index contributed by atoms with van der Waals surface area (Å²) in [6, 6.07) is 5.37. The molecule has 1 heterocycles. The van der Waals surface area contributed by atoms with Gasteiger partial charge in [-0.15, -0.1) is 24.2 Å². The number of amides is 1. The fourth-order valence-electron chi connectivity index (χ4n) is 1.55. The van der Waals surface area contributed by atoms with Crippen molar-refractivity contribution in [1.82, 2.24) is 5.32 Å². The largest absolute Gasteiger partial charge is 0.324 e. The van der Waals surface area contributed by atoms with Gasteiger partial charge in [-0.3, -0.25) is 10.1 Å². The summed E-state index contributed by atoms with van der Waals surface area (Å²) in [5.74, 6) is 1.70. The van der Waals surface area contributed by atoms with Gasteiger partial charge in [-0.1, -0.05) is 11.6 Å². The third-order valence-corrected chi connectivity index (χ3v) is 3.65. The molecule has 3 nitrogen and oxygen atoms in total. The first-order chi connectivity index (χ1) is 7.66. The lowest BCUT2D eigenvalue weighted by Crippen LogP contribution is -2.37. The van der Waals surface area contributed by atoms with Crippen LogP contribution in [0, 0.1) is 6.92 Å². The third kappa shape index (κ3) is 3.78. The van der Waals surface area contributed by atoms with Crippen molar-refractivity contribution in [1.29, 1.82) is 0 Å². The molecule has 0 radical (unpaired) electrons. The average molecular weight is 293 g/mol. The Hall–Kier alpha value is -0.420. The SMILES string of the molecule is Cc1cc(Cl)ccc1NC(=O)C1CSCN1.Cl. The van der Waals surface area contributed by atoms with Crippen molar-refractivity contribution in [2.45, 2.75) is 13.0 Å². The van der Waals surface area contributed by atoms with Crippen LogP contribution in [-0.2, 0) is 4.79 Å². The molecule has 1 aromatic rings. The maximum atomic E-state index is 11.8. The maximum Gasteiger partial charge on any atom is 0.242 e. The standard InChI is InChI=1S/C11H13ClN2OS.ClH/c1-7-4-8(12)2-3-9(7)14-11(15)10-5-16-6-13-10;/h2-4,10,13H,5-6H2,1H3,(H,14,15);1H. The van der Waals surface area contributed by atoms with Crippen molar-refractivity contribution in [2.24, 2.45) is 0 Å². The number of hydrogen-bond donors (Lipinski definition) is 2. The van der Waals surface area contributed by atoms with Crippen LogP contribution < -0.4 is 10.6 Å². The fraction of sp³-hybridized carbons (Fsp3) is 0.364. The number of anilines is 1. The lowest BCUT2D eigenvalue weighted by atomic mass is 10.2. The first-order valence-corrected chi connectivity index (χ1v) is 6.58. The average Bonchev–Trinajstić information content (AvgIpc) is 2.75. The number of carbonyl (C=O) groups is 1. The minimum absolute atomic E-state index is 0. The van der Waals surface area contributed by atoms with E-state index in [0.717, 1.165) is 22.9 Å². The van der Waals surface area contributed by atoms with E-state index < -0.39 is 0 Å². The van der Waals surface area contributed by atoms with Crippen molar-refractivity contribution in [3.63, 3.8) is 0 Å². The van der Waals surface area contributed by atoms with E-state index in [1.54, 1.807) is 17.8 Å². The summed E-state index contributed by atoms with van der Waals surface area (Å²) in [5.41, 5.74) is 1.81. The molecule has 0 bridgehead atoms. The molecule has 2 N–H and O–H groups in total. The lowest BCUT2D eigenvalue weighted by Gasteiger charge is -2.12. The third-order valence-electron chi connectivity index (χ3n) is 2.48. The van der Waals surface area contributed by atoms with Gasteiger partial charge in [-0.25, -0.2) is 0 Å². The number of aryl methyl sites for hydroxylation is 1. The van der Waals surface area contributed by atoms with E-state index in [4.69, 9.17) is 11.6 Å². The number of carbonyl (C=O) groups excluding carboxylic acids is 1. The number of thioether (sulfide) groups is 1. The summed E-state index contributed by atoms with van der Waals surface area (Å²) in [6.45, 7) is 1.93. The quantitative estimate of drug-likeness (QED) is 0.881. The van der Waals surface area contributed by atoms with E-state index in [0.29, 0.717) is 5.02 Å². The second-order valence-electron chi connectivity index (χ2n) is 3.72. The summed E-state index contributed by atoms with van der Waals surface area (Å²) in [5, 5.41) is 6.72. The molecular formula is C11H14Cl2N2OS. The van der Waals surface area contributed by atoms with Gasteiger partial charge in [0.2, 0.25) is 5.91 Å². The highest BCUT2D eigenvalue weighted by Crippen LogP contribution is 2.20. The summed E-state index contributed by atoms with van der Waals surface area (Å²) in [7, 11) is 0. The highest BCUT2D eigenvalue weighted by molar-refractivity contribution is 7.99. The zero-order valence-electron chi connectivity index (χ0n) is 9.33. The minimum atomic E-state index is -0.0833. The van der Waals surface area contributed by atoms with Gasteiger partial charge in [0, 0.05) is 22.3 Å². The van der Waals surface area contributed by atoms with Gasteiger partial charge in [-0.05, 0) is 30.7 Å². The molecule has 1 amide bonds. The maximum absolute atomic E-state index is 11.8. The second kappa shape index (κ2) is 6.50. The number of halogens is 2. The van der Waals surface area contributed by atoms with Crippen molar-refractivity contribution >= 4 is 47.4 Å².